The zero-order chi connectivity index (χ0) is 6.69. The summed E-state index contributed by atoms with van der Waals surface area (Å²) in [6.45, 7) is 4.87. The summed E-state index contributed by atoms with van der Waals surface area (Å²) in [5.74, 6) is 0. The fourth-order valence-electron chi connectivity index (χ4n) is 1.04. The molecule has 1 aliphatic rings. The molecule has 0 spiro atoms. The van der Waals surface area contributed by atoms with E-state index in [2.05, 4.69) is 11.9 Å². The highest BCUT2D eigenvalue weighted by atomic mass is 14.9. The minimum atomic E-state index is 0.187. The van der Waals surface area contributed by atoms with Gasteiger partial charge in [-0.2, -0.15) is 0 Å². The highest BCUT2D eigenvalue weighted by molar-refractivity contribution is 5.02. The Labute approximate surface area is 56.1 Å². The average Bonchev–Trinajstić information content (AvgIpc) is 1.99. The molecule has 2 nitrogen and oxygen atoms in total. The van der Waals surface area contributed by atoms with Crippen molar-refractivity contribution in [3.8, 4) is 0 Å². The lowest BCUT2D eigenvalue weighted by atomic mass is 10.1. The quantitative estimate of drug-likeness (QED) is 0.499. The van der Waals surface area contributed by atoms with Gasteiger partial charge in [-0.3, -0.25) is 0 Å². The van der Waals surface area contributed by atoms with Crippen LogP contribution >= 0.6 is 0 Å². The topological polar surface area (TPSA) is 38.0 Å². The standard InChI is InChI=1S/C7H14N2/c1-6-7(8)4-2-3-5-9-6/h7,9H,1-5,8H2. The molecule has 1 heterocycles. The summed E-state index contributed by atoms with van der Waals surface area (Å²) in [6, 6.07) is 0.187. The molecule has 0 aromatic heterocycles. The second-order valence-corrected chi connectivity index (χ2v) is 2.55. The molecule has 0 amide bonds. The third kappa shape index (κ3) is 1.72. The zero-order valence-corrected chi connectivity index (χ0v) is 5.69. The Morgan fingerprint density at radius 3 is 3.11 bits per heavy atom. The average molecular weight is 126 g/mol. The molecule has 1 aliphatic heterocycles. The van der Waals surface area contributed by atoms with E-state index in [4.69, 9.17) is 5.73 Å². The van der Waals surface area contributed by atoms with E-state index >= 15 is 0 Å². The monoisotopic (exact) mass is 126 g/mol. The number of nitrogens with two attached hydrogens (primary N) is 1. The van der Waals surface area contributed by atoms with E-state index in [1.807, 2.05) is 0 Å². The van der Waals surface area contributed by atoms with Crippen LogP contribution in [-0.2, 0) is 0 Å². The van der Waals surface area contributed by atoms with Crippen molar-refractivity contribution in [3.05, 3.63) is 12.3 Å². The lowest BCUT2D eigenvalue weighted by Crippen LogP contribution is -2.28. The lowest BCUT2D eigenvalue weighted by Gasteiger charge is -2.10. The van der Waals surface area contributed by atoms with E-state index < -0.39 is 0 Å². The molecule has 0 bridgehead atoms. The predicted molar refractivity (Wildman–Crippen MR) is 39.0 cm³/mol. The Kier molecular flexibility index (Phi) is 2.11. The van der Waals surface area contributed by atoms with Crippen molar-refractivity contribution in [3.63, 3.8) is 0 Å². The van der Waals surface area contributed by atoms with Crippen LogP contribution in [0.25, 0.3) is 0 Å². The zero-order valence-electron chi connectivity index (χ0n) is 5.69. The van der Waals surface area contributed by atoms with Crippen LogP contribution in [0.5, 0.6) is 0 Å². The van der Waals surface area contributed by atoms with Crippen molar-refractivity contribution in [1.82, 2.24) is 5.32 Å². The van der Waals surface area contributed by atoms with Crippen LogP contribution in [0.3, 0.4) is 0 Å². The second-order valence-electron chi connectivity index (χ2n) is 2.55. The van der Waals surface area contributed by atoms with Gasteiger partial charge in [-0.05, 0) is 19.3 Å². The molecular formula is C7H14N2. The molecule has 0 aromatic carbocycles. The highest BCUT2D eigenvalue weighted by Gasteiger charge is 2.08. The van der Waals surface area contributed by atoms with E-state index in [9.17, 15) is 0 Å². The van der Waals surface area contributed by atoms with Crippen molar-refractivity contribution in [2.24, 2.45) is 5.73 Å². The Morgan fingerprint density at radius 1 is 1.56 bits per heavy atom. The van der Waals surface area contributed by atoms with Crippen LogP contribution in [0.15, 0.2) is 12.3 Å². The normalized spacial score (nSPS) is 29.0. The Balaban J connectivity index is 2.41. The first-order valence-corrected chi connectivity index (χ1v) is 3.49. The van der Waals surface area contributed by atoms with Crippen molar-refractivity contribution in [2.75, 3.05) is 6.54 Å². The number of rotatable bonds is 0. The molecule has 1 rings (SSSR count). The molecule has 9 heavy (non-hydrogen) atoms. The van der Waals surface area contributed by atoms with Gasteiger partial charge in [-0.15, -0.1) is 0 Å². The van der Waals surface area contributed by atoms with Gasteiger partial charge in [0.25, 0.3) is 0 Å². The van der Waals surface area contributed by atoms with E-state index in [-0.39, 0.29) is 6.04 Å². The fourth-order valence-corrected chi connectivity index (χ4v) is 1.04. The molecular weight excluding hydrogens is 112 g/mol. The van der Waals surface area contributed by atoms with Crippen LogP contribution in [0.4, 0.5) is 0 Å². The number of nitrogens with one attached hydrogen (secondary N) is 1. The Bertz CT molecular complexity index is 109. The van der Waals surface area contributed by atoms with Gasteiger partial charge in [0.2, 0.25) is 0 Å². The van der Waals surface area contributed by atoms with Gasteiger partial charge >= 0.3 is 0 Å². The van der Waals surface area contributed by atoms with E-state index in [0.29, 0.717) is 0 Å². The Hall–Kier alpha value is -0.500. The molecule has 0 aliphatic carbocycles. The summed E-state index contributed by atoms with van der Waals surface area (Å²) < 4.78 is 0. The van der Waals surface area contributed by atoms with Gasteiger partial charge in [0.1, 0.15) is 0 Å². The van der Waals surface area contributed by atoms with Gasteiger partial charge < -0.3 is 11.1 Å². The van der Waals surface area contributed by atoms with Gasteiger partial charge in [0.05, 0.1) is 0 Å². The van der Waals surface area contributed by atoms with Crippen LogP contribution in [0, 0.1) is 0 Å². The van der Waals surface area contributed by atoms with Crippen molar-refractivity contribution in [2.45, 2.75) is 25.3 Å². The maximum Gasteiger partial charge on any atom is 0.0438 e. The van der Waals surface area contributed by atoms with Gasteiger partial charge in [-0.25, -0.2) is 0 Å². The van der Waals surface area contributed by atoms with Gasteiger partial charge in [0, 0.05) is 18.3 Å². The van der Waals surface area contributed by atoms with Gasteiger partial charge in [-0.1, -0.05) is 6.58 Å². The first kappa shape index (κ1) is 6.62. The Morgan fingerprint density at radius 2 is 2.33 bits per heavy atom. The largest absolute Gasteiger partial charge is 0.388 e. The minimum Gasteiger partial charge on any atom is -0.388 e. The highest BCUT2D eigenvalue weighted by Crippen LogP contribution is 2.07. The van der Waals surface area contributed by atoms with Crippen molar-refractivity contribution < 1.29 is 0 Å². The SMILES string of the molecule is C=C1NCCCCC1N. The molecule has 1 saturated heterocycles. The van der Waals surface area contributed by atoms with Crippen molar-refractivity contribution in [1.29, 1.82) is 0 Å². The smallest absolute Gasteiger partial charge is 0.0438 e. The predicted octanol–water partition coefficient (Wildman–Crippen LogP) is 0.601. The minimum absolute atomic E-state index is 0.187. The molecule has 0 saturated carbocycles. The summed E-state index contributed by atoms with van der Waals surface area (Å²) in [5.41, 5.74) is 6.72. The summed E-state index contributed by atoms with van der Waals surface area (Å²) in [6.07, 6.45) is 3.55. The van der Waals surface area contributed by atoms with E-state index in [1.54, 1.807) is 0 Å². The van der Waals surface area contributed by atoms with E-state index in [0.717, 1.165) is 18.7 Å². The van der Waals surface area contributed by atoms with Crippen LogP contribution < -0.4 is 11.1 Å². The summed E-state index contributed by atoms with van der Waals surface area (Å²) in [4.78, 5) is 0. The summed E-state index contributed by atoms with van der Waals surface area (Å²) in [5, 5.41) is 3.17. The summed E-state index contributed by atoms with van der Waals surface area (Å²) >= 11 is 0. The van der Waals surface area contributed by atoms with Crippen LogP contribution in [0.1, 0.15) is 19.3 Å². The molecule has 1 unspecified atom stereocenters. The summed E-state index contributed by atoms with van der Waals surface area (Å²) in [7, 11) is 0. The number of hydrogen-bond donors (Lipinski definition) is 2. The molecule has 2 heteroatoms. The molecule has 3 N–H and O–H groups in total. The molecule has 52 valence electrons. The molecule has 1 atom stereocenters. The fraction of sp³-hybridized carbons (Fsp3) is 0.714. The first-order valence-electron chi connectivity index (χ1n) is 3.49. The lowest BCUT2D eigenvalue weighted by molar-refractivity contribution is 0.663. The third-order valence-corrected chi connectivity index (χ3v) is 1.74. The maximum atomic E-state index is 5.72. The first-order chi connectivity index (χ1) is 4.30. The van der Waals surface area contributed by atoms with Crippen LogP contribution in [-0.4, -0.2) is 12.6 Å². The second kappa shape index (κ2) is 2.87. The third-order valence-electron chi connectivity index (χ3n) is 1.74. The molecule has 0 aromatic rings. The van der Waals surface area contributed by atoms with Gasteiger partial charge in [0.15, 0.2) is 0 Å². The van der Waals surface area contributed by atoms with Crippen LogP contribution in [0.2, 0.25) is 0 Å². The maximum absolute atomic E-state index is 5.72. The van der Waals surface area contributed by atoms with Crippen molar-refractivity contribution >= 4 is 0 Å². The van der Waals surface area contributed by atoms with E-state index in [1.165, 1.54) is 12.8 Å². The molecule has 0 radical (unpaired) electrons. The molecule has 1 fully saturated rings. The number of hydrogen-bond acceptors (Lipinski definition) is 2.